The molecule has 9 heteroatoms. The number of rotatable bonds is 4. The summed E-state index contributed by atoms with van der Waals surface area (Å²) < 4.78 is 52.6. The second-order valence-electron chi connectivity index (χ2n) is 6.13. The van der Waals surface area contributed by atoms with Crippen molar-refractivity contribution < 1.29 is 17.2 Å². The molecule has 0 radical (unpaired) electrons. The molecule has 2 aromatic carbocycles. The van der Waals surface area contributed by atoms with Gasteiger partial charge >= 0.3 is 0 Å². The Labute approximate surface area is 162 Å². The van der Waals surface area contributed by atoms with Gasteiger partial charge in [0.2, 0.25) is 10.0 Å². The maximum Gasteiger partial charge on any atom is 0.243 e. The molecule has 1 saturated heterocycles. The van der Waals surface area contributed by atoms with Gasteiger partial charge < -0.3 is 10.2 Å². The second kappa shape index (κ2) is 8.28. The number of benzene rings is 2. The first-order valence-corrected chi connectivity index (χ1v) is 10.2. The number of hydrogen-bond acceptors (Lipinski definition) is 3. The summed E-state index contributed by atoms with van der Waals surface area (Å²) in [5.74, 6) is -0.767. The van der Waals surface area contributed by atoms with Gasteiger partial charge in [-0.2, -0.15) is 4.31 Å². The minimum absolute atomic E-state index is 0.0781. The Balaban J connectivity index is 1.54. The van der Waals surface area contributed by atoms with Crippen molar-refractivity contribution in [1.82, 2.24) is 14.5 Å². The number of piperazine rings is 1. The first-order valence-electron chi connectivity index (χ1n) is 8.39. The van der Waals surface area contributed by atoms with E-state index < -0.39 is 15.8 Å². The van der Waals surface area contributed by atoms with E-state index in [1.807, 2.05) is 4.90 Å². The predicted molar refractivity (Wildman–Crippen MR) is 103 cm³/mol. The lowest BCUT2D eigenvalue weighted by molar-refractivity contribution is 0.264. The molecular weight excluding hydrogens is 392 g/mol. The maximum atomic E-state index is 13.0. The molecule has 0 unspecified atom stereocenters. The average Bonchev–Trinajstić information content (AvgIpc) is 2.68. The van der Waals surface area contributed by atoms with Gasteiger partial charge in [-0.25, -0.2) is 17.2 Å². The van der Waals surface area contributed by atoms with Gasteiger partial charge in [0.15, 0.2) is 5.11 Å². The van der Waals surface area contributed by atoms with E-state index in [9.17, 15) is 17.2 Å². The Morgan fingerprint density at radius 2 is 1.44 bits per heavy atom. The van der Waals surface area contributed by atoms with Gasteiger partial charge in [0, 0.05) is 32.7 Å². The monoisotopic (exact) mass is 411 g/mol. The molecule has 3 rings (SSSR count). The minimum Gasteiger partial charge on any atom is -0.358 e. The smallest absolute Gasteiger partial charge is 0.243 e. The highest BCUT2D eigenvalue weighted by atomic mass is 32.2. The maximum absolute atomic E-state index is 13.0. The molecule has 0 saturated carbocycles. The van der Waals surface area contributed by atoms with Gasteiger partial charge in [-0.1, -0.05) is 12.1 Å². The van der Waals surface area contributed by atoms with E-state index in [1.54, 1.807) is 12.1 Å². The fourth-order valence-corrected chi connectivity index (χ4v) is 4.46. The van der Waals surface area contributed by atoms with Crippen molar-refractivity contribution in [2.24, 2.45) is 0 Å². The van der Waals surface area contributed by atoms with Crippen LogP contribution in [0.2, 0.25) is 0 Å². The molecule has 0 atom stereocenters. The van der Waals surface area contributed by atoms with Crippen molar-refractivity contribution in [3.8, 4) is 0 Å². The second-order valence-corrected chi connectivity index (χ2v) is 8.45. The summed E-state index contributed by atoms with van der Waals surface area (Å²) in [6.45, 7) is 1.95. The lowest BCUT2D eigenvalue weighted by Gasteiger charge is -2.35. The highest BCUT2D eigenvalue weighted by Crippen LogP contribution is 2.18. The van der Waals surface area contributed by atoms with Gasteiger partial charge in [0.1, 0.15) is 11.6 Å². The highest BCUT2D eigenvalue weighted by molar-refractivity contribution is 7.89. The largest absolute Gasteiger partial charge is 0.358 e. The van der Waals surface area contributed by atoms with E-state index in [-0.39, 0.29) is 23.8 Å². The summed E-state index contributed by atoms with van der Waals surface area (Å²) in [6, 6.07) is 10.9. The molecule has 2 aromatic rings. The average molecular weight is 411 g/mol. The van der Waals surface area contributed by atoms with Crippen molar-refractivity contribution in [2.75, 3.05) is 26.2 Å². The third-order valence-corrected chi connectivity index (χ3v) is 6.65. The minimum atomic E-state index is -3.65. The number of sulfonamides is 1. The Morgan fingerprint density at radius 1 is 0.926 bits per heavy atom. The van der Waals surface area contributed by atoms with Gasteiger partial charge in [-0.15, -0.1) is 0 Å². The Bertz CT molecular complexity index is 895. The van der Waals surface area contributed by atoms with Crippen molar-refractivity contribution >= 4 is 27.4 Å². The zero-order chi connectivity index (χ0) is 19.4. The van der Waals surface area contributed by atoms with Gasteiger partial charge in [0.05, 0.1) is 4.90 Å². The molecule has 1 heterocycles. The third kappa shape index (κ3) is 4.79. The Morgan fingerprint density at radius 3 is 2.00 bits per heavy atom. The normalized spacial score (nSPS) is 15.6. The molecule has 0 amide bonds. The van der Waals surface area contributed by atoms with Crippen LogP contribution >= 0.6 is 12.2 Å². The molecule has 144 valence electrons. The van der Waals surface area contributed by atoms with Crippen LogP contribution in [0.25, 0.3) is 0 Å². The van der Waals surface area contributed by atoms with Gasteiger partial charge in [-0.05, 0) is 54.2 Å². The SMILES string of the molecule is O=S(=O)(c1ccc(F)cc1)N1CCN(C(=S)NCc2ccc(F)cc2)CC1. The first kappa shape index (κ1) is 19.7. The van der Waals surface area contributed by atoms with Crippen LogP contribution in [0.5, 0.6) is 0 Å². The molecule has 0 bridgehead atoms. The zero-order valence-electron chi connectivity index (χ0n) is 14.4. The van der Waals surface area contributed by atoms with Crippen LogP contribution in [0.4, 0.5) is 8.78 Å². The molecule has 1 aliphatic rings. The lowest BCUT2D eigenvalue weighted by atomic mass is 10.2. The Hall–Kier alpha value is -2.10. The quantitative estimate of drug-likeness (QED) is 0.783. The van der Waals surface area contributed by atoms with Crippen molar-refractivity contribution in [1.29, 1.82) is 0 Å². The highest BCUT2D eigenvalue weighted by Gasteiger charge is 2.29. The molecule has 1 fully saturated rings. The Kier molecular flexibility index (Phi) is 6.03. The van der Waals surface area contributed by atoms with Crippen LogP contribution in [0.3, 0.4) is 0 Å². The van der Waals surface area contributed by atoms with Crippen LogP contribution in [-0.2, 0) is 16.6 Å². The summed E-state index contributed by atoms with van der Waals surface area (Å²) >= 11 is 5.37. The van der Waals surface area contributed by atoms with Crippen LogP contribution in [0.15, 0.2) is 53.4 Å². The van der Waals surface area contributed by atoms with Crippen LogP contribution in [0.1, 0.15) is 5.56 Å². The molecule has 1 aliphatic heterocycles. The fraction of sp³-hybridized carbons (Fsp3) is 0.278. The topological polar surface area (TPSA) is 52.7 Å². The molecule has 0 aliphatic carbocycles. The number of nitrogens with zero attached hydrogens (tertiary/aromatic N) is 2. The molecule has 5 nitrogen and oxygen atoms in total. The summed E-state index contributed by atoms with van der Waals surface area (Å²) in [4.78, 5) is 1.98. The van der Waals surface area contributed by atoms with Crippen molar-refractivity contribution in [3.63, 3.8) is 0 Å². The zero-order valence-corrected chi connectivity index (χ0v) is 16.1. The van der Waals surface area contributed by atoms with Crippen LogP contribution in [-0.4, -0.2) is 48.9 Å². The first-order chi connectivity index (χ1) is 12.9. The van der Waals surface area contributed by atoms with E-state index in [0.29, 0.717) is 24.7 Å². The summed E-state index contributed by atoms with van der Waals surface area (Å²) in [5.41, 5.74) is 0.899. The summed E-state index contributed by atoms with van der Waals surface area (Å²) in [7, 11) is -3.65. The van der Waals surface area contributed by atoms with Crippen LogP contribution in [0, 0.1) is 11.6 Å². The number of halogens is 2. The predicted octanol–water partition coefficient (Wildman–Crippen LogP) is 2.35. The molecule has 27 heavy (non-hydrogen) atoms. The standard InChI is InChI=1S/C18H19F2N3O2S2/c19-15-3-1-14(2-4-15)13-21-18(26)22-9-11-23(12-10-22)27(24,25)17-7-5-16(20)6-8-17/h1-8H,9-13H2,(H,21,26). The summed E-state index contributed by atoms with van der Waals surface area (Å²) in [6.07, 6.45) is 0. The molecular formula is C18H19F2N3O2S2. The van der Waals surface area contributed by atoms with E-state index >= 15 is 0 Å². The molecule has 0 aromatic heterocycles. The molecule has 0 spiro atoms. The van der Waals surface area contributed by atoms with E-state index in [1.165, 1.54) is 28.6 Å². The number of hydrogen-bond donors (Lipinski definition) is 1. The fourth-order valence-electron chi connectivity index (χ4n) is 2.78. The van der Waals surface area contributed by atoms with Gasteiger partial charge in [0.25, 0.3) is 0 Å². The number of thiocarbonyl (C=S) groups is 1. The number of nitrogens with one attached hydrogen (secondary N) is 1. The van der Waals surface area contributed by atoms with Crippen molar-refractivity contribution in [3.05, 3.63) is 65.7 Å². The molecule has 1 N–H and O–H groups in total. The summed E-state index contributed by atoms with van der Waals surface area (Å²) in [5, 5.41) is 3.63. The third-order valence-electron chi connectivity index (χ3n) is 4.33. The van der Waals surface area contributed by atoms with Crippen molar-refractivity contribution in [2.45, 2.75) is 11.4 Å². The lowest BCUT2D eigenvalue weighted by Crippen LogP contribution is -2.52. The van der Waals surface area contributed by atoms with E-state index in [4.69, 9.17) is 12.2 Å². The van der Waals surface area contributed by atoms with E-state index in [0.717, 1.165) is 17.7 Å². The van der Waals surface area contributed by atoms with Crippen LogP contribution < -0.4 is 5.32 Å². The van der Waals surface area contributed by atoms with Gasteiger partial charge in [-0.3, -0.25) is 0 Å². The van der Waals surface area contributed by atoms with E-state index in [2.05, 4.69) is 5.32 Å².